The molecule has 1 rings (SSSR count). The summed E-state index contributed by atoms with van der Waals surface area (Å²) >= 11 is 0. The van der Waals surface area contributed by atoms with Crippen molar-refractivity contribution >= 4 is 5.91 Å². The molecule has 1 aliphatic heterocycles. The zero-order chi connectivity index (χ0) is 12.0. The van der Waals surface area contributed by atoms with Crippen molar-refractivity contribution in [3.8, 4) is 0 Å². The highest BCUT2D eigenvalue weighted by Crippen LogP contribution is 2.26. The standard InChI is InChI=1S/C12H24N2O2/c1-12(6-7-13-10-12)11(16)14(2)8-4-3-5-9-15/h13,15H,3-10H2,1-2H3. The lowest BCUT2D eigenvalue weighted by Gasteiger charge is -2.28. The highest BCUT2D eigenvalue weighted by atomic mass is 16.2. The second kappa shape index (κ2) is 6.21. The fourth-order valence-corrected chi connectivity index (χ4v) is 2.20. The van der Waals surface area contributed by atoms with Crippen LogP contribution in [0.25, 0.3) is 0 Å². The smallest absolute Gasteiger partial charge is 0.229 e. The highest BCUT2D eigenvalue weighted by molar-refractivity contribution is 5.82. The van der Waals surface area contributed by atoms with E-state index in [0.29, 0.717) is 0 Å². The molecule has 0 aliphatic carbocycles. The topological polar surface area (TPSA) is 52.6 Å². The van der Waals surface area contributed by atoms with Crippen LogP contribution >= 0.6 is 0 Å². The van der Waals surface area contributed by atoms with Gasteiger partial charge in [0.1, 0.15) is 0 Å². The zero-order valence-corrected chi connectivity index (χ0v) is 10.5. The van der Waals surface area contributed by atoms with Gasteiger partial charge in [-0.25, -0.2) is 0 Å². The van der Waals surface area contributed by atoms with E-state index in [1.165, 1.54) is 0 Å². The lowest BCUT2D eigenvalue weighted by molar-refractivity contribution is -0.138. The zero-order valence-electron chi connectivity index (χ0n) is 10.5. The summed E-state index contributed by atoms with van der Waals surface area (Å²) in [6, 6.07) is 0. The van der Waals surface area contributed by atoms with Crippen LogP contribution in [0.2, 0.25) is 0 Å². The second-order valence-electron chi connectivity index (χ2n) is 5.00. The molecule has 0 aromatic rings. The Balaban J connectivity index is 2.30. The lowest BCUT2D eigenvalue weighted by atomic mass is 9.88. The summed E-state index contributed by atoms with van der Waals surface area (Å²) in [5, 5.41) is 11.9. The molecule has 1 heterocycles. The third-order valence-corrected chi connectivity index (χ3v) is 3.38. The summed E-state index contributed by atoms with van der Waals surface area (Å²) in [6.07, 6.45) is 3.74. The highest BCUT2D eigenvalue weighted by Gasteiger charge is 2.37. The van der Waals surface area contributed by atoms with Gasteiger partial charge in [0.25, 0.3) is 0 Å². The summed E-state index contributed by atoms with van der Waals surface area (Å²) in [5.74, 6) is 0.251. The van der Waals surface area contributed by atoms with Crippen molar-refractivity contribution in [3.63, 3.8) is 0 Å². The summed E-state index contributed by atoms with van der Waals surface area (Å²) in [5.41, 5.74) is -0.203. The van der Waals surface area contributed by atoms with Crippen molar-refractivity contribution in [2.45, 2.75) is 32.6 Å². The number of nitrogens with one attached hydrogen (secondary N) is 1. The fraction of sp³-hybridized carbons (Fsp3) is 0.917. The lowest BCUT2D eigenvalue weighted by Crippen LogP contribution is -2.41. The maximum atomic E-state index is 12.2. The van der Waals surface area contributed by atoms with E-state index in [9.17, 15) is 4.79 Å². The molecule has 0 spiro atoms. The number of aliphatic hydroxyl groups excluding tert-OH is 1. The monoisotopic (exact) mass is 228 g/mol. The second-order valence-corrected chi connectivity index (χ2v) is 5.00. The first-order chi connectivity index (χ1) is 7.60. The van der Waals surface area contributed by atoms with Crippen molar-refractivity contribution in [2.24, 2.45) is 5.41 Å². The van der Waals surface area contributed by atoms with Crippen LogP contribution in [0.4, 0.5) is 0 Å². The molecule has 1 atom stereocenters. The van der Waals surface area contributed by atoms with Crippen molar-refractivity contribution in [3.05, 3.63) is 0 Å². The summed E-state index contributed by atoms with van der Waals surface area (Å²) < 4.78 is 0. The molecule has 2 N–H and O–H groups in total. The van der Waals surface area contributed by atoms with Crippen LogP contribution in [0.3, 0.4) is 0 Å². The minimum atomic E-state index is -0.203. The molecule has 1 amide bonds. The van der Waals surface area contributed by atoms with Gasteiger partial charge in [0.15, 0.2) is 0 Å². The quantitative estimate of drug-likeness (QED) is 0.655. The molecule has 16 heavy (non-hydrogen) atoms. The molecule has 1 fully saturated rings. The maximum absolute atomic E-state index is 12.2. The van der Waals surface area contributed by atoms with Gasteiger partial charge in [-0.1, -0.05) is 0 Å². The average Bonchev–Trinajstić information content (AvgIpc) is 2.71. The van der Waals surface area contributed by atoms with Crippen molar-refractivity contribution in [1.82, 2.24) is 10.2 Å². The Bertz CT molecular complexity index is 225. The first kappa shape index (κ1) is 13.5. The molecule has 4 heteroatoms. The summed E-state index contributed by atoms with van der Waals surface area (Å²) in [7, 11) is 1.88. The Hall–Kier alpha value is -0.610. The number of unbranched alkanes of at least 4 members (excludes halogenated alkanes) is 2. The van der Waals surface area contributed by atoms with Crippen molar-refractivity contribution in [1.29, 1.82) is 0 Å². The number of hydrogen-bond donors (Lipinski definition) is 2. The van der Waals surface area contributed by atoms with E-state index in [1.54, 1.807) is 0 Å². The number of carbonyl (C=O) groups excluding carboxylic acids is 1. The van der Waals surface area contributed by atoms with Gasteiger partial charge in [-0.2, -0.15) is 0 Å². The van der Waals surface area contributed by atoms with Crippen LogP contribution in [0.15, 0.2) is 0 Å². The third-order valence-electron chi connectivity index (χ3n) is 3.38. The van der Waals surface area contributed by atoms with E-state index in [2.05, 4.69) is 5.32 Å². The Morgan fingerprint density at radius 2 is 2.19 bits per heavy atom. The van der Waals surface area contributed by atoms with Crippen molar-refractivity contribution < 1.29 is 9.90 Å². The molecule has 1 saturated heterocycles. The fourth-order valence-electron chi connectivity index (χ4n) is 2.20. The molecule has 94 valence electrons. The van der Waals surface area contributed by atoms with E-state index in [0.717, 1.165) is 45.3 Å². The molecule has 0 aromatic carbocycles. The van der Waals surface area contributed by atoms with Gasteiger partial charge in [0, 0.05) is 26.7 Å². The van der Waals surface area contributed by atoms with Crippen LogP contribution in [-0.4, -0.2) is 49.2 Å². The predicted molar refractivity (Wildman–Crippen MR) is 64.2 cm³/mol. The van der Waals surface area contributed by atoms with E-state index in [1.807, 2.05) is 18.9 Å². The van der Waals surface area contributed by atoms with Crippen LogP contribution in [0.5, 0.6) is 0 Å². The van der Waals surface area contributed by atoms with Crippen LogP contribution < -0.4 is 5.32 Å². The van der Waals surface area contributed by atoms with Crippen LogP contribution in [-0.2, 0) is 4.79 Å². The van der Waals surface area contributed by atoms with Gasteiger partial charge in [-0.05, 0) is 39.2 Å². The van der Waals surface area contributed by atoms with E-state index in [-0.39, 0.29) is 17.9 Å². The predicted octanol–water partition coefficient (Wildman–Crippen LogP) is 0.607. The van der Waals surface area contributed by atoms with Gasteiger partial charge < -0.3 is 15.3 Å². The molecule has 0 bridgehead atoms. The minimum absolute atomic E-state index is 0.203. The number of carbonyl (C=O) groups is 1. The summed E-state index contributed by atoms with van der Waals surface area (Å²) in [6.45, 7) is 4.83. The van der Waals surface area contributed by atoms with E-state index < -0.39 is 0 Å². The number of hydrogen-bond acceptors (Lipinski definition) is 3. The molecule has 1 aliphatic rings. The van der Waals surface area contributed by atoms with Crippen molar-refractivity contribution in [2.75, 3.05) is 33.3 Å². The Kier molecular flexibility index (Phi) is 5.22. The summed E-state index contributed by atoms with van der Waals surface area (Å²) in [4.78, 5) is 14.0. The SMILES string of the molecule is CN(CCCCCO)C(=O)C1(C)CCNC1. The van der Waals surface area contributed by atoms with Gasteiger partial charge in [0.05, 0.1) is 5.41 Å². The molecular formula is C12H24N2O2. The molecule has 0 aromatic heterocycles. The first-order valence-electron chi connectivity index (χ1n) is 6.17. The molecular weight excluding hydrogens is 204 g/mol. The Morgan fingerprint density at radius 1 is 1.44 bits per heavy atom. The number of amides is 1. The molecule has 4 nitrogen and oxygen atoms in total. The van der Waals surface area contributed by atoms with E-state index >= 15 is 0 Å². The number of aliphatic hydroxyl groups is 1. The van der Waals surface area contributed by atoms with Crippen LogP contribution in [0.1, 0.15) is 32.6 Å². The minimum Gasteiger partial charge on any atom is -0.396 e. The molecule has 0 radical (unpaired) electrons. The largest absolute Gasteiger partial charge is 0.396 e. The number of rotatable bonds is 6. The van der Waals surface area contributed by atoms with Gasteiger partial charge in [-0.15, -0.1) is 0 Å². The Morgan fingerprint density at radius 3 is 2.75 bits per heavy atom. The number of nitrogens with zero attached hydrogens (tertiary/aromatic N) is 1. The maximum Gasteiger partial charge on any atom is 0.229 e. The Labute approximate surface area is 98.0 Å². The first-order valence-corrected chi connectivity index (χ1v) is 6.17. The van der Waals surface area contributed by atoms with Gasteiger partial charge in [0.2, 0.25) is 5.91 Å². The molecule has 0 saturated carbocycles. The van der Waals surface area contributed by atoms with Crippen LogP contribution in [0, 0.1) is 5.41 Å². The van der Waals surface area contributed by atoms with Gasteiger partial charge in [-0.3, -0.25) is 4.79 Å². The molecule has 1 unspecified atom stereocenters. The third kappa shape index (κ3) is 3.46. The van der Waals surface area contributed by atoms with Gasteiger partial charge >= 0.3 is 0 Å². The normalized spacial score (nSPS) is 24.7. The van der Waals surface area contributed by atoms with E-state index in [4.69, 9.17) is 5.11 Å². The average molecular weight is 228 g/mol.